The summed E-state index contributed by atoms with van der Waals surface area (Å²) >= 11 is 0. The Morgan fingerprint density at radius 1 is 0.727 bits per heavy atom. The Morgan fingerprint density at radius 2 is 1.14 bits per heavy atom. The Kier molecular flexibility index (Phi) is 5.75. The van der Waals surface area contributed by atoms with E-state index in [1.807, 2.05) is 27.7 Å². The monoisotopic (exact) mass is 306 g/mol. The zero-order valence-electron chi connectivity index (χ0n) is 14.8. The number of carbonyl (C=O) groups excluding carboxylic acids is 2. The van der Waals surface area contributed by atoms with Crippen molar-refractivity contribution in [3.05, 3.63) is 33.4 Å². The van der Waals surface area contributed by atoms with Crippen molar-refractivity contribution in [1.29, 1.82) is 0 Å². The molecule has 0 aliphatic carbocycles. The summed E-state index contributed by atoms with van der Waals surface area (Å²) in [5, 5.41) is 0. The van der Waals surface area contributed by atoms with Gasteiger partial charge in [0.2, 0.25) is 0 Å². The van der Waals surface area contributed by atoms with Crippen molar-refractivity contribution >= 4 is 11.9 Å². The van der Waals surface area contributed by atoms with Gasteiger partial charge in [-0.2, -0.15) is 0 Å². The molecule has 4 nitrogen and oxygen atoms in total. The summed E-state index contributed by atoms with van der Waals surface area (Å²) in [5.41, 5.74) is 4.47. The molecular formula is C18H26O4. The van der Waals surface area contributed by atoms with Crippen LogP contribution in [0.3, 0.4) is 0 Å². The molecule has 1 rings (SSSR count). The number of benzene rings is 1. The number of methoxy groups -OCH3 is 2. The second-order valence-corrected chi connectivity index (χ2v) is 6.12. The van der Waals surface area contributed by atoms with Crippen molar-refractivity contribution in [2.24, 2.45) is 0 Å². The third kappa shape index (κ3) is 3.01. The van der Waals surface area contributed by atoms with Crippen LogP contribution in [-0.4, -0.2) is 26.2 Å². The molecule has 122 valence electrons. The van der Waals surface area contributed by atoms with Crippen molar-refractivity contribution in [3.63, 3.8) is 0 Å². The predicted molar refractivity (Wildman–Crippen MR) is 86.8 cm³/mol. The van der Waals surface area contributed by atoms with Gasteiger partial charge in [-0.3, -0.25) is 0 Å². The lowest BCUT2D eigenvalue weighted by Gasteiger charge is -2.26. The Balaban J connectivity index is 4.03. The van der Waals surface area contributed by atoms with E-state index in [-0.39, 0.29) is 11.8 Å². The third-order valence-corrected chi connectivity index (χ3v) is 4.08. The van der Waals surface area contributed by atoms with Crippen LogP contribution in [0.2, 0.25) is 0 Å². The van der Waals surface area contributed by atoms with E-state index in [4.69, 9.17) is 9.47 Å². The van der Waals surface area contributed by atoms with Crippen LogP contribution in [0.1, 0.15) is 82.5 Å². The standard InChI is InChI=1S/C18H26O4/c1-9(2)13-11(5)12(6)15(17(19)21-7)16(18(20)22-8)14(13)10(3)4/h9-10H,1-8H3. The van der Waals surface area contributed by atoms with Crippen molar-refractivity contribution in [2.45, 2.75) is 53.4 Å². The molecule has 0 aliphatic rings. The van der Waals surface area contributed by atoms with Crippen molar-refractivity contribution < 1.29 is 19.1 Å². The van der Waals surface area contributed by atoms with E-state index in [0.29, 0.717) is 11.1 Å². The number of ether oxygens (including phenoxy) is 2. The number of hydrogen-bond acceptors (Lipinski definition) is 4. The largest absolute Gasteiger partial charge is 0.465 e. The molecule has 0 radical (unpaired) electrons. The Labute approximate surface area is 132 Å². The molecule has 0 bridgehead atoms. The fourth-order valence-electron chi connectivity index (χ4n) is 3.06. The number of hydrogen-bond donors (Lipinski definition) is 0. The molecule has 1 aromatic carbocycles. The van der Waals surface area contributed by atoms with Crippen LogP contribution < -0.4 is 0 Å². The molecular weight excluding hydrogens is 280 g/mol. The minimum Gasteiger partial charge on any atom is -0.465 e. The Bertz CT molecular complexity index is 598. The second kappa shape index (κ2) is 6.95. The van der Waals surface area contributed by atoms with Gasteiger partial charge < -0.3 is 9.47 Å². The summed E-state index contributed by atoms with van der Waals surface area (Å²) in [5.74, 6) is -0.660. The minimum atomic E-state index is -0.502. The van der Waals surface area contributed by atoms with Gasteiger partial charge in [0.1, 0.15) is 0 Å². The number of carbonyl (C=O) groups is 2. The highest BCUT2D eigenvalue weighted by molar-refractivity contribution is 6.06. The number of rotatable bonds is 4. The summed E-state index contributed by atoms with van der Waals surface area (Å²) in [6, 6.07) is 0. The van der Waals surface area contributed by atoms with Gasteiger partial charge in [0, 0.05) is 0 Å². The summed E-state index contributed by atoms with van der Waals surface area (Å²) < 4.78 is 9.84. The van der Waals surface area contributed by atoms with Crippen LogP contribution >= 0.6 is 0 Å². The van der Waals surface area contributed by atoms with Crippen molar-refractivity contribution in [2.75, 3.05) is 14.2 Å². The van der Waals surface area contributed by atoms with Gasteiger partial charge in [-0.05, 0) is 47.9 Å². The van der Waals surface area contributed by atoms with E-state index in [2.05, 4.69) is 13.8 Å². The highest BCUT2D eigenvalue weighted by Crippen LogP contribution is 2.37. The maximum atomic E-state index is 12.4. The van der Waals surface area contributed by atoms with Crippen LogP contribution in [0.25, 0.3) is 0 Å². The van der Waals surface area contributed by atoms with E-state index in [0.717, 1.165) is 22.3 Å². The Morgan fingerprint density at radius 3 is 1.50 bits per heavy atom. The van der Waals surface area contributed by atoms with Crippen LogP contribution in [0.5, 0.6) is 0 Å². The summed E-state index contributed by atoms with van der Waals surface area (Å²) in [4.78, 5) is 24.6. The smallest absolute Gasteiger partial charge is 0.339 e. The minimum absolute atomic E-state index is 0.0919. The van der Waals surface area contributed by atoms with Crippen molar-refractivity contribution in [1.82, 2.24) is 0 Å². The average Bonchev–Trinajstić information content (AvgIpc) is 2.46. The average molecular weight is 306 g/mol. The molecule has 4 heteroatoms. The normalized spacial score (nSPS) is 11.0. The molecule has 0 atom stereocenters. The van der Waals surface area contributed by atoms with Gasteiger partial charge >= 0.3 is 11.9 Å². The molecule has 0 aromatic heterocycles. The zero-order valence-corrected chi connectivity index (χ0v) is 14.8. The van der Waals surface area contributed by atoms with E-state index in [9.17, 15) is 9.59 Å². The summed E-state index contributed by atoms with van der Waals surface area (Å²) in [6.07, 6.45) is 0. The van der Waals surface area contributed by atoms with E-state index in [1.165, 1.54) is 14.2 Å². The molecule has 0 fully saturated rings. The first-order chi connectivity index (χ1) is 10.2. The highest BCUT2D eigenvalue weighted by atomic mass is 16.5. The van der Waals surface area contributed by atoms with Gasteiger partial charge in [-0.1, -0.05) is 27.7 Å². The molecule has 0 heterocycles. The maximum Gasteiger partial charge on any atom is 0.339 e. The molecule has 0 aliphatic heterocycles. The summed E-state index contributed by atoms with van der Waals surface area (Å²) in [7, 11) is 2.65. The van der Waals surface area contributed by atoms with Crippen LogP contribution in [0, 0.1) is 13.8 Å². The predicted octanol–water partition coefficient (Wildman–Crippen LogP) is 4.12. The van der Waals surface area contributed by atoms with Gasteiger partial charge in [0.25, 0.3) is 0 Å². The van der Waals surface area contributed by atoms with Crippen LogP contribution in [0.15, 0.2) is 0 Å². The van der Waals surface area contributed by atoms with E-state index < -0.39 is 11.9 Å². The Hall–Kier alpha value is -1.84. The third-order valence-electron chi connectivity index (χ3n) is 4.08. The highest BCUT2D eigenvalue weighted by Gasteiger charge is 2.30. The zero-order chi connectivity index (χ0) is 17.2. The van der Waals surface area contributed by atoms with Gasteiger partial charge in [-0.25, -0.2) is 9.59 Å². The first-order valence-corrected chi connectivity index (χ1v) is 7.52. The lowest BCUT2D eigenvalue weighted by molar-refractivity contribution is 0.0553. The molecule has 0 spiro atoms. The van der Waals surface area contributed by atoms with E-state index >= 15 is 0 Å². The molecule has 22 heavy (non-hydrogen) atoms. The van der Waals surface area contributed by atoms with Gasteiger partial charge in [-0.15, -0.1) is 0 Å². The quantitative estimate of drug-likeness (QED) is 0.785. The van der Waals surface area contributed by atoms with Gasteiger partial charge in [0.15, 0.2) is 0 Å². The van der Waals surface area contributed by atoms with Crippen LogP contribution in [0.4, 0.5) is 0 Å². The van der Waals surface area contributed by atoms with Crippen LogP contribution in [-0.2, 0) is 9.47 Å². The maximum absolute atomic E-state index is 12.4. The fraction of sp³-hybridized carbons (Fsp3) is 0.556. The molecule has 0 unspecified atom stereocenters. The first-order valence-electron chi connectivity index (χ1n) is 7.52. The molecule has 1 aromatic rings. The van der Waals surface area contributed by atoms with E-state index in [1.54, 1.807) is 0 Å². The lowest BCUT2D eigenvalue weighted by atomic mass is 9.79. The fourth-order valence-corrected chi connectivity index (χ4v) is 3.06. The SMILES string of the molecule is COC(=O)c1c(C)c(C)c(C(C)C)c(C(C)C)c1C(=O)OC. The number of esters is 2. The van der Waals surface area contributed by atoms with Gasteiger partial charge in [0.05, 0.1) is 25.3 Å². The lowest BCUT2D eigenvalue weighted by Crippen LogP contribution is -2.21. The summed E-state index contributed by atoms with van der Waals surface area (Å²) in [6.45, 7) is 12.1. The molecule has 0 amide bonds. The second-order valence-electron chi connectivity index (χ2n) is 6.12. The molecule has 0 saturated carbocycles. The van der Waals surface area contributed by atoms with Crippen molar-refractivity contribution in [3.8, 4) is 0 Å². The molecule has 0 N–H and O–H groups in total. The molecule has 0 saturated heterocycles. The first kappa shape index (κ1) is 18.2. The topological polar surface area (TPSA) is 52.6 Å².